The molecule has 1 N–H and O–H groups in total. The van der Waals surface area contributed by atoms with Gasteiger partial charge in [-0.25, -0.2) is 0 Å². The average Bonchev–Trinajstić information content (AvgIpc) is 2.55. The first-order valence-corrected chi connectivity index (χ1v) is 9.36. The van der Waals surface area contributed by atoms with Gasteiger partial charge in [-0.05, 0) is 29.7 Å². The first-order valence-electron chi connectivity index (χ1n) is 7.87. The van der Waals surface area contributed by atoms with E-state index in [4.69, 9.17) is 0 Å². The standard InChI is InChI=1S/C19H23NO2S/c1-3-15(2)19(21)20-18-11-7-10-17(12-18)14-23(22)13-16-8-5-4-6-9-16/h4-12,15H,3,13-14H2,1-2H3,(H,20,21)/t15-,23+/m1/s1. The van der Waals surface area contributed by atoms with E-state index in [0.717, 1.165) is 23.2 Å². The van der Waals surface area contributed by atoms with Crippen LogP contribution < -0.4 is 5.32 Å². The summed E-state index contributed by atoms with van der Waals surface area (Å²) in [6.07, 6.45) is 0.812. The quantitative estimate of drug-likeness (QED) is 0.830. The van der Waals surface area contributed by atoms with Crippen LogP contribution in [0.5, 0.6) is 0 Å². The molecule has 2 aromatic carbocycles. The van der Waals surface area contributed by atoms with Gasteiger partial charge in [0.25, 0.3) is 0 Å². The van der Waals surface area contributed by atoms with E-state index in [1.165, 1.54) is 0 Å². The zero-order valence-electron chi connectivity index (χ0n) is 13.6. The number of rotatable bonds is 7. The van der Waals surface area contributed by atoms with E-state index >= 15 is 0 Å². The van der Waals surface area contributed by atoms with Gasteiger partial charge in [0.05, 0.1) is 0 Å². The van der Waals surface area contributed by atoms with Gasteiger partial charge in [0.2, 0.25) is 5.91 Å². The minimum absolute atomic E-state index is 0.00845. The third-order valence-electron chi connectivity index (χ3n) is 3.75. The van der Waals surface area contributed by atoms with Crippen LogP contribution in [0.3, 0.4) is 0 Å². The molecular formula is C19H23NO2S. The van der Waals surface area contributed by atoms with E-state index in [1.54, 1.807) is 0 Å². The number of carbonyl (C=O) groups excluding carboxylic acids is 1. The zero-order chi connectivity index (χ0) is 16.7. The Morgan fingerprint density at radius 1 is 1.04 bits per heavy atom. The molecule has 0 aliphatic rings. The molecule has 0 aliphatic carbocycles. The Bertz CT molecular complexity index is 670. The Morgan fingerprint density at radius 2 is 1.70 bits per heavy atom. The van der Waals surface area contributed by atoms with Gasteiger partial charge in [-0.1, -0.05) is 56.3 Å². The third kappa shape index (κ3) is 5.64. The van der Waals surface area contributed by atoms with Crippen molar-refractivity contribution < 1.29 is 9.00 Å². The molecule has 2 atom stereocenters. The van der Waals surface area contributed by atoms with Gasteiger partial charge in [-0.15, -0.1) is 0 Å². The summed E-state index contributed by atoms with van der Waals surface area (Å²) in [5.41, 5.74) is 2.82. The number of nitrogens with one attached hydrogen (secondary N) is 1. The smallest absolute Gasteiger partial charge is 0.227 e. The lowest BCUT2D eigenvalue weighted by molar-refractivity contribution is -0.119. The van der Waals surface area contributed by atoms with Gasteiger partial charge >= 0.3 is 0 Å². The lowest BCUT2D eigenvalue weighted by atomic mass is 10.1. The van der Waals surface area contributed by atoms with Crippen LogP contribution in [0, 0.1) is 5.92 Å². The molecule has 122 valence electrons. The van der Waals surface area contributed by atoms with Crippen molar-refractivity contribution >= 4 is 22.4 Å². The zero-order valence-corrected chi connectivity index (χ0v) is 14.4. The number of carbonyl (C=O) groups is 1. The average molecular weight is 329 g/mol. The van der Waals surface area contributed by atoms with E-state index in [9.17, 15) is 9.00 Å². The molecule has 0 bridgehead atoms. The van der Waals surface area contributed by atoms with E-state index in [-0.39, 0.29) is 11.8 Å². The van der Waals surface area contributed by atoms with Crippen LogP contribution in [0.15, 0.2) is 54.6 Å². The van der Waals surface area contributed by atoms with Crippen molar-refractivity contribution in [1.29, 1.82) is 0 Å². The van der Waals surface area contributed by atoms with Crippen molar-refractivity contribution in [3.8, 4) is 0 Å². The Morgan fingerprint density at radius 3 is 2.39 bits per heavy atom. The summed E-state index contributed by atoms with van der Waals surface area (Å²) in [6.45, 7) is 3.90. The van der Waals surface area contributed by atoms with Crippen molar-refractivity contribution in [1.82, 2.24) is 0 Å². The van der Waals surface area contributed by atoms with Crippen LogP contribution in [0.1, 0.15) is 31.4 Å². The molecule has 0 saturated heterocycles. The van der Waals surface area contributed by atoms with E-state index in [0.29, 0.717) is 11.5 Å². The van der Waals surface area contributed by atoms with E-state index < -0.39 is 10.8 Å². The second-order valence-electron chi connectivity index (χ2n) is 5.71. The van der Waals surface area contributed by atoms with E-state index in [2.05, 4.69) is 5.32 Å². The molecule has 1 amide bonds. The van der Waals surface area contributed by atoms with Crippen LogP contribution >= 0.6 is 0 Å². The molecule has 3 nitrogen and oxygen atoms in total. The summed E-state index contributed by atoms with van der Waals surface area (Å²) in [5, 5.41) is 2.92. The minimum atomic E-state index is -0.966. The lowest BCUT2D eigenvalue weighted by Crippen LogP contribution is -2.19. The molecule has 0 spiro atoms. The Balaban J connectivity index is 1.97. The molecule has 2 rings (SSSR count). The molecule has 0 fully saturated rings. The molecule has 0 aromatic heterocycles. The van der Waals surface area contributed by atoms with Gasteiger partial charge < -0.3 is 5.32 Å². The molecule has 2 aromatic rings. The van der Waals surface area contributed by atoms with Crippen molar-refractivity contribution in [2.45, 2.75) is 31.8 Å². The second kappa shape index (κ2) is 8.63. The number of hydrogen-bond acceptors (Lipinski definition) is 2. The van der Waals surface area contributed by atoms with Gasteiger partial charge in [-0.3, -0.25) is 9.00 Å². The maximum atomic E-state index is 12.3. The van der Waals surface area contributed by atoms with Gasteiger partial charge in [0, 0.05) is 33.9 Å². The fraction of sp³-hybridized carbons (Fsp3) is 0.316. The molecule has 4 heteroatoms. The Labute approximate surface area is 140 Å². The molecule has 0 saturated carbocycles. The molecule has 23 heavy (non-hydrogen) atoms. The number of anilines is 1. The first-order chi connectivity index (χ1) is 11.1. The maximum Gasteiger partial charge on any atom is 0.227 e. The van der Waals surface area contributed by atoms with Gasteiger partial charge in [0.15, 0.2) is 0 Å². The highest BCUT2D eigenvalue weighted by Crippen LogP contribution is 2.15. The Kier molecular flexibility index (Phi) is 6.53. The largest absolute Gasteiger partial charge is 0.326 e. The fourth-order valence-electron chi connectivity index (χ4n) is 2.19. The summed E-state index contributed by atoms with van der Waals surface area (Å²) in [7, 11) is -0.966. The summed E-state index contributed by atoms with van der Waals surface area (Å²) < 4.78 is 12.3. The topological polar surface area (TPSA) is 46.2 Å². The maximum absolute atomic E-state index is 12.3. The molecule has 0 aliphatic heterocycles. The minimum Gasteiger partial charge on any atom is -0.326 e. The van der Waals surface area contributed by atoms with Crippen LogP contribution in [-0.2, 0) is 27.1 Å². The van der Waals surface area contributed by atoms with Crippen molar-refractivity contribution in [3.63, 3.8) is 0 Å². The van der Waals surface area contributed by atoms with E-state index in [1.807, 2.05) is 68.4 Å². The van der Waals surface area contributed by atoms with Crippen LogP contribution in [0.2, 0.25) is 0 Å². The number of amides is 1. The fourth-order valence-corrected chi connectivity index (χ4v) is 3.40. The highest BCUT2D eigenvalue weighted by Gasteiger charge is 2.11. The monoisotopic (exact) mass is 329 g/mol. The normalized spacial score (nSPS) is 13.3. The third-order valence-corrected chi connectivity index (χ3v) is 5.06. The van der Waals surface area contributed by atoms with Crippen molar-refractivity contribution in [2.75, 3.05) is 5.32 Å². The molecule has 0 radical (unpaired) electrons. The first kappa shape index (κ1) is 17.4. The predicted molar refractivity (Wildman–Crippen MR) is 96.5 cm³/mol. The summed E-state index contributed by atoms with van der Waals surface area (Å²) in [4.78, 5) is 11.9. The number of hydrogen-bond donors (Lipinski definition) is 1. The van der Waals surface area contributed by atoms with Gasteiger partial charge in [-0.2, -0.15) is 0 Å². The van der Waals surface area contributed by atoms with Crippen molar-refractivity contribution in [2.24, 2.45) is 5.92 Å². The molecule has 0 unspecified atom stereocenters. The highest BCUT2D eigenvalue weighted by atomic mass is 32.2. The molecule has 0 heterocycles. The SMILES string of the molecule is CC[C@@H](C)C(=O)Nc1cccc(C[S@@](=O)Cc2ccccc2)c1. The van der Waals surface area contributed by atoms with Gasteiger partial charge in [0.1, 0.15) is 0 Å². The van der Waals surface area contributed by atoms with Crippen LogP contribution in [0.4, 0.5) is 5.69 Å². The Hall–Kier alpha value is -1.94. The van der Waals surface area contributed by atoms with Crippen LogP contribution in [0.25, 0.3) is 0 Å². The summed E-state index contributed by atoms with van der Waals surface area (Å²) in [5.74, 6) is 1.05. The van der Waals surface area contributed by atoms with Crippen LogP contribution in [-0.4, -0.2) is 10.1 Å². The molecular weight excluding hydrogens is 306 g/mol. The number of benzene rings is 2. The highest BCUT2D eigenvalue weighted by molar-refractivity contribution is 7.83. The summed E-state index contributed by atoms with van der Waals surface area (Å²) in [6, 6.07) is 17.4. The summed E-state index contributed by atoms with van der Waals surface area (Å²) >= 11 is 0. The van der Waals surface area contributed by atoms with Crippen molar-refractivity contribution in [3.05, 3.63) is 65.7 Å². The second-order valence-corrected chi connectivity index (χ2v) is 7.17. The lowest BCUT2D eigenvalue weighted by Gasteiger charge is -2.11. The predicted octanol–water partition coefficient (Wildman–Crippen LogP) is 4.12.